The quantitative estimate of drug-likeness (QED) is 0.877. The van der Waals surface area contributed by atoms with Gasteiger partial charge in [0.25, 0.3) is 0 Å². The fourth-order valence-electron chi connectivity index (χ4n) is 1.41. The van der Waals surface area contributed by atoms with Crippen LogP contribution in [0.4, 0.5) is 13.2 Å². The van der Waals surface area contributed by atoms with Crippen molar-refractivity contribution in [3.8, 4) is 0 Å². The second kappa shape index (κ2) is 4.05. The third kappa shape index (κ3) is 3.21. The smallest absolute Gasteiger partial charge is 0.433 e. The Bertz CT molecular complexity index is 430. The van der Waals surface area contributed by atoms with Gasteiger partial charge in [0.1, 0.15) is 5.56 Å². The number of aromatic carboxylic acids is 1. The van der Waals surface area contributed by atoms with E-state index in [1.807, 2.05) is 0 Å². The molecule has 0 aromatic carbocycles. The van der Waals surface area contributed by atoms with Crippen LogP contribution in [0.3, 0.4) is 0 Å². The summed E-state index contributed by atoms with van der Waals surface area (Å²) < 4.78 is 39.0. The highest BCUT2D eigenvalue weighted by Gasteiger charge is 2.40. The summed E-state index contributed by atoms with van der Waals surface area (Å²) in [5, 5.41) is 12.2. The molecule has 96 valence electrons. The van der Waals surface area contributed by atoms with Crippen LogP contribution >= 0.6 is 0 Å². The molecule has 1 rings (SSSR count). The molecule has 1 heterocycles. The minimum Gasteiger partial charge on any atom is -0.478 e. The van der Waals surface area contributed by atoms with E-state index in [0.29, 0.717) is 4.68 Å². The van der Waals surface area contributed by atoms with Gasteiger partial charge in [0.05, 0.1) is 6.20 Å². The fourth-order valence-corrected chi connectivity index (χ4v) is 1.41. The number of carboxylic acids is 1. The largest absolute Gasteiger partial charge is 0.478 e. The lowest BCUT2D eigenvalue weighted by Gasteiger charge is -2.20. The van der Waals surface area contributed by atoms with E-state index in [-0.39, 0.29) is 6.54 Å². The molecule has 0 unspecified atom stereocenters. The maximum absolute atomic E-state index is 12.8. The number of rotatable bonds is 2. The third-order valence-corrected chi connectivity index (χ3v) is 1.96. The van der Waals surface area contributed by atoms with Gasteiger partial charge in [-0.25, -0.2) is 4.79 Å². The number of nitrogens with zero attached hydrogens (tertiary/aromatic N) is 2. The first-order chi connectivity index (χ1) is 7.52. The van der Waals surface area contributed by atoms with E-state index in [4.69, 9.17) is 5.11 Å². The van der Waals surface area contributed by atoms with Gasteiger partial charge in [-0.15, -0.1) is 0 Å². The summed E-state index contributed by atoms with van der Waals surface area (Å²) in [5.41, 5.74) is -2.46. The van der Waals surface area contributed by atoms with Crippen LogP contribution in [-0.4, -0.2) is 20.9 Å². The molecule has 0 saturated heterocycles. The van der Waals surface area contributed by atoms with Crippen LogP contribution in [-0.2, 0) is 12.7 Å². The Kier molecular flexibility index (Phi) is 3.22. The summed E-state index contributed by atoms with van der Waals surface area (Å²) in [6.07, 6.45) is -3.99. The second-order valence-electron chi connectivity index (χ2n) is 4.93. The SMILES string of the molecule is CC(C)(C)Cn1ncc(C(=O)O)c1C(F)(F)F. The fraction of sp³-hybridized carbons (Fsp3) is 0.600. The van der Waals surface area contributed by atoms with E-state index in [1.165, 1.54) is 0 Å². The maximum atomic E-state index is 12.8. The number of aromatic nitrogens is 2. The van der Waals surface area contributed by atoms with Gasteiger partial charge in [-0.2, -0.15) is 18.3 Å². The molecule has 0 radical (unpaired) electrons. The van der Waals surface area contributed by atoms with Gasteiger partial charge >= 0.3 is 12.1 Å². The molecule has 1 aromatic heterocycles. The van der Waals surface area contributed by atoms with E-state index in [0.717, 1.165) is 6.20 Å². The molecule has 0 atom stereocenters. The first kappa shape index (κ1) is 13.5. The van der Waals surface area contributed by atoms with Gasteiger partial charge in [-0.1, -0.05) is 20.8 Å². The minimum absolute atomic E-state index is 0.00484. The van der Waals surface area contributed by atoms with Crippen LogP contribution in [0.1, 0.15) is 36.8 Å². The van der Waals surface area contributed by atoms with E-state index in [1.54, 1.807) is 20.8 Å². The Morgan fingerprint density at radius 1 is 1.41 bits per heavy atom. The molecular weight excluding hydrogens is 237 g/mol. The molecule has 0 bridgehead atoms. The van der Waals surface area contributed by atoms with Gasteiger partial charge in [0, 0.05) is 6.54 Å². The van der Waals surface area contributed by atoms with E-state index in [2.05, 4.69) is 5.10 Å². The zero-order chi connectivity index (χ0) is 13.4. The standard InChI is InChI=1S/C10H13F3N2O2/c1-9(2,3)5-15-7(10(11,12)13)6(4-14-15)8(16)17/h4H,5H2,1-3H3,(H,16,17). The molecule has 0 saturated carbocycles. The Labute approximate surface area is 96.0 Å². The van der Waals surface area contributed by atoms with Gasteiger partial charge in [-0.3, -0.25) is 4.68 Å². The van der Waals surface area contributed by atoms with Crippen LogP contribution in [0.25, 0.3) is 0 Å². The molecule has 1 aromatic rings. The molecule has 0 amide bonds. The Balaban J connectivity index is 3.29. The lowest BCUT2D eigenvalue weighted by molar-refractivity contribution is -0.145. The number of carboxylic acid groups (broad SMARTS) is 1. The lowest BCUT2D eigenvalue weighted by Crippen LogP contribution is -2.23. The van der Waals surface area contributed by atoms with Crippen molar-refractivity contribution in [1.82, 2.24) is 9.78 Å². The number of halogens is 3. The number of alkyl halides is 3. The molecule has 4 nitrogen and oxygen atoms in total. The van der Waals surface area contributed by atoms with Gasteiger partial charge < -0.3 is 5.11 Å². The average molecular weight is 250 g/mol. The molecule has 0 fully saturated rings. The molecule has 0 aliphatic heterocycles. The third-order valence-electron chi connectivity index (χ3n) is 1.96. The molecule has 0 aliphatic carbocycles. The Morgan fingerprint density at radius 2 is 1.94 bits per heavy atom. The summed E-state index contributed by atoms with van der Waals surface area (Å²) in [5.74, 6) is -1.63. The minimum atomic E-state index is -4.73. The van der Waals surface area contributed by atoms with Crippen molar-refractivity contribution >= 4 is 5.97 Å². The second-order valence-corrected chi connectivity index (χ2v) is 4.93. The van der Waals surface area contributed by atoms with E-state index in [9.17, 15) is 18.0 Å². The first-order valence-corrected chi connectivity index (χ1v) is 4.88. The predicted octanol–water partition coefficient (Wildman–Crippen LogP) is 2.65. The number of carbonyl (C=O) groups is 1. The van der Waals surface area contributed by atoms with Crippen molar-refractivity contribution in [2.75, 3.05) is 0 Å². The maximum Gasteiger partial charge on any atom is 0.433 e. The molecular formula is C10H13F3N2O2. The highest BCUT2D eigenvalue weighted by atomic mass is 19.4. The Hall–Kier alpha value is -1.53. The van der Waals surface area contributed by atoms with Crippen molar-refractivity contribution < 1.29 is 23.1 Å². The van der Waals surface area contributed by atoms with Crippen LogP contribution in [0.2, 0.25) is 0 Å². The van der Waals surface area contributed by atoms with Crippen molar-refractivity contribution in [2.45, 2.75) is 33.5 Å². The van der Waals surface area contributed by atoms with E-state index >= 15 is 0 Å². The van der Waals surface area contributed by atoms with Gasteiger partial charge in [0.15, 0.2) is 5.69 Å². The highest BCUT2D eigenvalue weighted by Crippen LogP contribution is 2.33. The molecule has 0 spiro atoms. The summed E-state index contributed by atoms with van der Waals surface area (Å²) >= 11 is 0. The van der Waals surface area contributed by atoms with Crippen molar-refractivity contribution in [3.05, 3.63) is 17.5 Å². The molecule has 1 N–H and O–H groups in total. The number of hydrogen-bond acceptors (Lipinski definition) is 2. The monoisotopic (exact) mass is 250 g/mol. The van der Waals surface area contributed by atoms with E-state index < -0.39 is 28.8 Å². The zero-order valence-electron chi connectivity index (χ0n) is 9.67. The summed E-state index contributed by atoms with van der Waals surface area (Å²) in [7, 11) is 0. The Morgan fingerprint density at radius 3 is 2.29 bits per heavy atom. The number of hydrogen-bond donors (Lipinski definition) is 1. The highest BCUT2D eigenvalue weighted by molar-refractivity contribution is 5.88. The van der Waals surface area contributed by atoms with Crippen LogP contribution < -0.4 is 0 Å². The van der Waals surface area contributed by atoms with Gasteiger partial charge in [0.2, 0.25) is 0 Å². The van der Waals surface area contributed by atoms with Crippen LogP contribution in [0.15, 0.2) is 6.20 Å². The van der Waals surface area contributed by atoms with Crippen molar-refractivity contribution in [1.29, 1.82) is 0 Å². The van der Waals surface area contributed by atoms with Crippen molar-refractivity contribution in [2.24, 2.45) is 5.41 Å². The normalized spacial score (nSPS) is 12.8. The lowest BCUT2D eigenvalue weighted by atomic mass is 9.97. The van der Waals surface area contributed by atoms with Crippen LogP contribution in [0.5, 0.6) is 0 Å². The zero-order valence-corrected chi connectivity index (χ0v) is 9.67. The van der Waals surface area contributed by atoms with Gasteiger partial charge in [-0.05, 0) is 5.41 Å². The molecule has 7 heteroatoms. The summed E-state index contributed by atoms with van der Waals surface area (Å²) in [6, 6.07) is 0. The summed E-state index contributed by atoms with van der Waals surface area (Å²) in [4.78, 5) is 10.7. The first-order valence-electron chi connectivity index (χ1n) is 4.88. The molecule has 0 aliphatic rings. The van der Waals surface area contributed by atoms with Crippen molar-refractivity contribution in [3.63, 3.8) is 0 Å². The topological polar surface area (TPSA) is 55.1 Å². The molecule has 17 heavy (non-hydrogen) atoms. The average Bonchev–Trinajstić information content (AvgIpc) is 2.43. The van der Waals surface area contributed by atoms with Crippen LogP contribution in [0, 0.1) is 5.41 Å². The predicted molar refractivity (Wildman–Crippen MR) is 53.6 cm³/mol. The summed E-state index contributed by atoms with van der Waals surface area (Å²) in [6.45, 7) is 5.23.